The molecule has 4 atom stereocenters. The Balaban J connectivity index is 1.96. The van der Waals surface area contributed by atoms with Gasteiger partial charge in [0.2, 0.25) is 18.1 Å². The van der Waals surface area contributed by atoms with Gasteiger partial charge in [0.05, 0.1) is 12.3 Å². The molecule has 33 heavy (non-hydrogen) atoms. The van der Waals surface area contributed by atoms with Crippen molar-refractivity contribution in [2.75, 3.05) is 18.6 Å². The van der Waals surface area contributed by atoms with E-state index in [1.54, 1.807) is 4.98 Å². The molecule has 1 aliphatic rings. The molecule has 0 spiro atoms. The minimum atomic E-state index is -1.46. The maximum atomic E-state index is 13.5. The molecule has 12 nitrogen and oxygen atoms in total. The first-order valence-electron chi connectivity index (χ1n) is 10.0. The van der Waals surface area contributed by atoms with E-state index in [4.69, 9.17) is 9.47 Å². The Bertz CT molecular complexity index is 981. The summed E-state index contributed by atoms with van der Waals surface area (Å²) in [5.41, 5.74) is -3.55. The summed E-state index contributed by atoms with van der Waals surface area (Å²) in [4.78, 5) is 60.6. The predicted octanol–water partition coefficient (Wildman–Crippen LogP) is -1.37. The Kier molecular flexibility index (Phi) is 9.19. The number of aliphatic hydroxyl groups excluding tert-OH is 1. The van der Waals surface area contributed by atoms with Crippen LogP contribution in [-0.2, 0) is 23.9 Å². The lowest BCUT2D eigenvalue weighted by Crippen LogP contribution is -2.56. The van der Waals surface area contributed by atoms with Crippen molar-refractivity contribution < 1.29 is 33.4 Å². The average Bonchev–Trinajstić information content (AvgIpc) is 3.11. The zero-order valence-electron chi connectivity index (χ0n) is 18.3. The lowest BCUT2D eigenvalue weighted by molar-refractivity contribution is -0.158. The van der Waals surface area contributed by atoms with Crippen LogP contribution in [0.5, 0.6) is 0 Å². The van der Waals surface area contributed by atoms with E-state index in [1.165, 1.54) is 25.6 Å². The van der Waals surface area contributed by atoms with Gasteiger partial charge >= 0.3 is 11.7 Å². The second-order valence-corrected chi connectivity index (χ2v) is 8.89. The Morgan fingerprint density at radius 1 is 1.48 bits per heavy atom. The number of amides is 2. The summed E-state index contributed by atoms with van der Waals surface area (Å²) in [5.74, 6) is -1.96. The number of carbonyl (C=O) groups is 3. The van der Waals surface area contributed by atoms with E-state index in [1.807, 2.05) is 6.26 Å². The van der Waals surface area contributed by atoms with E-state index in [-0.39, 0.29) is 6.42 Å². The van der Waals surface area contributed by atoms with E-state index >= 15 is 0 Å². The highest BCUT2D eigenvalue weighted by Gasteiger charge is 2.39. The molecule has 2 amide bonds. The van der Waals surface area contributed by atoms with Gasteiger partial charge in [-0.2, -0.15) is 16.2 Å². The van der Waals surface area contributed by atoms with Crippen molar-refractivity contribution in [1.29, 1.82) is 0 Å². The average molecular weight is 491 g/mol. The first kappa shape index (κ1) is 26.5. The molecule has 1 aromatic rings. The van der Waals surface area contributed by atoms with Gasteiger partial charge in [0.15, 0.2) is 0 Å². The number of rotatable bonds is 11. The molecular weight excluding hydrogens is 463 g/mol. The van der Waals surface area contributed by atoms with Gasteiger partial charge in [-0.15, -0.1) is 0 Å². The SMILES string of the molecule is CSCC[C@H](NC=O)C(=O)NC(C)(C)C(=O)OCC1OC(n2cc(F)c(=O)[nH]c2=O)CC1O. The Labute approximate surface area is 192 Å². The van der Waals surface area contributed by atoms with Crippen LogP contribution in [0.25, 0.3) is 0 Å². The maximum absolute atomic E-state index is 13.5. The molecule has 1 aromatic heterocycles. The van der Waals surface area contributed by atoms with Crippen LogP contribution in [0, 0.1) is 5.82 Å². The smallest absolute Gasteiger partial charge is 0.331 e. The van der Waals surface area contributed by atoms with Gasteiger partial charge in [-0.05, 0) is 32.3 Å². The first-order valence-corrected chi connectivity index (χ1v) is 11.4. The summed E-state index contributed by atoms with van der Waals surface area (Å²) in [7, 11) is 0. The maximum Gasteiger partial charge on any atom is 0.331 e. The lowest BCUT2D eigenvalue weighted by atomic mass is 10.0. The molecule has 1 aliphatic heterocycles. The van der Waals surface area contributed by atoms with Crippen LogP contribution in [-0.4, -0.2) is 75.3 Å². The van der Waals surface area contributed by atoms with E-state index in [2.05, 4.69) is 10.6 Å². The third-order valence-corrected chi connectivity index (χ3v) is 5.60. The molecule has 0 aromatic carbocycles. The molecule has 2 rings (SSSR count). The molecule has 3 unspecified atom stereocenters. The van der Waals surface area contributed by atoms with Gasteiger partial charge in [0.1, 0.15) is 30.5 Å². The van der Waals surface area contributed by atoms with Crippen molar-refractivity contribution in [1.82, 2.24) is 20.2 Å². The number of nitrogens with one attached hydrogen (secondary N) is 3. The Hall–Kier alpha value is -2.71. The van der Waals surface area contributed by atoms with E-state index in [0.29, 0.717) is 24.8 Å². The normalized spacial score (nSPS) is 21.3. The quantitative estimate of drug-likeness (QED) is 0.216. The second-order valence-electron chi connectivity index (χ2n) is 7.91. The fourth-order valence-electron chi connectivity index (χ4n) is 3.10. The predicted molar refractivity (Wildman–Crippen MR) is 115 cm³/mol. The van der Waals surface area contributed by atoms with Gasteiger partial charge < -0.3 is 25.2 Å². The van der Waals surface area contributed by atoms with Crippen LogP contribution in [0.15, 0.2) is 15.8 Å². The van der Waals surface area contributed by atoms with Gasteiger partial charge in [0.25, 0.3) is 5.56 Å². The molecule has 0 saturated carbocycles. The van der Waals surface area contributed by atoms with E-state index in [9.17, 15) is 33.5 Å². The van der Waals surface area contributed by atoms with Crippen LogP contribution in [0.2, 0.25) is 0 Å². The number of carbonyl (C=O) groups excluding carboxylic acids is 3. The molecule has 4 N–H and O–H groups in total. The van der Waals surface area contributed by atoms with Gasteiger partial charge in [-0.3, -0.25) is 23.9 Å². The highest BCUT2D eigenvalue weighted by molar-refractivity contribution is 7.98. The fraction of sp³-hybridized carbons (Fsp3) is 0.632. The number of hydrogen-bond donors (Lipinski definition) is 4. The molecule has 0 bridgehead atoms. The standard InChI is InChI=1S/C19H27FN4O8S/c1-19(2,23-16(28)11(21-9-25)4-5-33-3)17(29)31-8-13-12(26)6-14(32-13)24-7-10(20)15(27)22-18(24)30/h7,9,11-14,26H,4-6,8H2,1-3H3,(H,21,25)(H,23,28)(H,22,27,30)/t11-,12?,13?,14?/m0/s1. The summed E-state index contributed by atoms with van der Waals surface area (Å²) in [6.45, 7) is 2.42. The third-order valence-electron chi connectivity index (χ3n) is 4.96. The zero-order valence-corrected chi connectivity index (χ0v) is 19.1. The van der Waals surface area contributed by atoms with Crippen molar-refractivity contribution in [3.05, 3.63) is 32.9 Å². The Morgan fingerprint density at radius 3 is 2.82 bits per heavy atom. The van der Waals surface area contributed by atoms with Crippen molar-refractivity contribution in [2.24, 2.45) is 0 Å². The van der Waals surface area contributed by atoms with Crippen LogP contribution >= 0.6 is 11.8 Å². The molecular formula is C19H27FN4O8S. The number of hydrogen-bond acceptors (Lipinski definition) is 9. The molecule has 1 fully saturated rings. The van der Waals surface area contributed by atoms with Gasteiger partial charge in [-0.25, -0.2) is 9.59 Å². The summed E-state index contributed by atoms with van der Waals surface area (Å²) in [6, 6.07) is -0.821. The van der Waals surface area contributed by atoms with Gasteiger partial charge in [-0.1, -0.05) is 0 Å². The summed E-state index contributed by atoms with van der Waals surface area (Å²) < 4.78 is 25.0. The highest BCUT2D eigenvalue weighted by Crippen LogP contribution is 2.28. The Morgan fingerprint density at radius 2 is 2.18 bits per heavy atom. The van der Waals surface area contributed by atoms with E-state index in [0.717, 1.165) is 4.57 Å². The largest absolute Gasteiger partial charge is 0.461 e. The van der Waals surface area contributed by atoms with Crippen molar-refractivity contribution >= 4 is 30.0 Å². The highest BCUT2D eigenvalue weighted by atomic mass is 32.2. The van der Waals surface area contributed by atoms with Crippen LogP contribution in [0.1, 0.15) is 32.9 Å². The van der Waals surface area contributed by atoms with Gasteiger partial charge in [0, 0.05) is 6.42 Å². The molecule has 1 saturated heterocycles. The number of esters is 1. The number of thioether (sulfide) groups is 1. The van der Waals surface area contributed by atoms with Crippen LogP contribution in [0.3, 0.4) is 0 Å². The molecule has 14 heteroatoms. The first-order chi connectivity index (χ1) is 15.5. The van der Waals surface area contributed by atoms with Crippen molar-refractivity contribution in [2.45, 2.75) is 56.7 Å². The van der Waals surface area contributed by atoms with Crippen molar-refractivity contribution in [3.63, 3.8) is 0 Å². The van der Waals surface area contributed by atoms with Crippen molar-refractivity contribution in [3.8, 4) is 0 Å². The minimum absolute atomic E-state index is 0.109. The summed E-state index contributed by atoms with van der Waals surface area (Å²) in [5, 5.41) is 15.1. The minimum Gasteiger partial charge on any atom is -0.461 e. The number of ether oxygens (including phenoxy) is 2. The van der Waals surface area contributed by atoms with Crippen LogP contribution in [0.4, 0.5) is 4.39 Å². The third kappa shape index (κ3) is 6.88. The fourth-order valence-corrected chi connectivity index (χ4v) is 3.57. The zero-order chi connectivity index (χ0) is 24.8. The monoisotopic (exact) mass is 490 g/mol. The summed E-state index contributed by atoms with van der Waals surface area (Å²) >= 11 is 1.50. The number of H-pyrrole nitrogens is 1. The molecule has 184 valence electrons. The number of aromatic amines is 1. The molecule has 0 aliphatic carbocycles. The topological polar surface area (TPSA) is 169 Å². The van der Waals surface area contributed by atoms with Crippen LogP contribution < -0.4 is 21.9 Å². The second kappa shape index (κ2) is 11.4. The number of nitrogens with zero attached hydrogens (tertiary/aromatic N) is 1. The molecule has 2 heterocycles. The van der Waals surface area contributed by atoms with E-state index < -0.39 is 65.6 Å². The number of halogens is 1. The number of aliphatic hydroxyl groups is 1. The number of aromatic nitrogens is 2. The lowest BCUT2D eigenvalue weighted by Gasteiger charge is -2.27. The summed E-state index contributed by atoms with van der Waals surface area (Å²) in [6.07, 6.45) is -0.0641. The molecule has 0 radical (unpaired) electrons.